The second kappa shape index (κ2) is 11.1. The Hall–Kier alpha value is 0.246. The van der Waals surface area contributed by atoms with Gasteiger partial charge in [-0.15, -0.1) is 0 Å². The Morgan fingerprint density at radius 2 is 1.42 bits per heavy atom. The molecule has 126 valence electrons. The Balaban J connectivity index is 0.00000288. The molecule has 0 amide bonds. The fourth-order valence-corrected chi connectivity index (χ4v) is 3.75. The number of hydrogen-bond donors (Lipinski definition) is 0. The summed E-state index contributed by atoms with van der Waals surface area (Å²) in [5.74, 6) is 0. The summed E-state index contributed by atoms with van der Waals surface area (Å²) in [4.78, 5) is -0.114. The smallest absolute Gasteiger partial charge is 0.744 e. The molecule has 0 spiro atoms. The molecule has 0 aliphatic rings. The van der Waals surface area contributed by atoms with Gasteiger partial charge in [-0.3, -0.25) is 0 Å². The monoisotopic (exact) mass is 372 g/mol. The van der Waals surface area contributed by atoms with E-state index >= 15 is 0 Å². The van der Waals surface area contributed by atoms with Crippen molar-refractivity contribution < 1.29 is 64.4 Å². The molecule has 2 aromatic carbocycles. The van der Waals surface area contributed by atoms with Crippen molar-refractivity contribution in [2.24, 2.45) is 0 Å². The molecule has 0 radical (unpaired) electrons. The van der Waals surface area contributed by atoms with E-state index in [0.29, 0.717) is 5.39 Å². The number of hydrogen-bond acceptors (Lipinski definition) is 3. The molecule has 0 aromatic heterocycles. The number of fused-ring (bicyclic) bond motifs is 1. The van der Waals surface area contributed by atoms with Crippen molar-refractivity contribution in [3.63, 3.8) is 0 Å². The number of aryl methyl sites for hydroxylation is 1. The summed E-state index contributed by atoms with van der Waals surface area (Å²) in [5, 5.41) is 1.43. The van der Waals surface area contributed by atoms with Crippen LogP contribution in [0.25, 0.3) is 10.8 Å². The van der Waals surface area contributed by atoms with Crippen molar-refractivity contribution in [1.82, 2.24) is 0 Å². The third kappa shape index (κ3) is 6.52. The minimum atomic E-state index is -4.43. The minimum Gasteiger partial charge on any atom is -0.744 e. The standard InChI is InChI=1S/C19H26O3S.K/c1-2-3-4-5-6-7-8-11-16-12-9-14-18-17(16)13-10-15-19(18)23(20,21)22;/h9-10,12-15H,2-8,11H2,1H3,(H,20,21,22);/q;+1/p-1. The largest absolute Gasteiger partial charge is 1.00 e. The molecule has 0 N–H and O–H groups in total. The van der Waals surface area contributed by atoms with Gasteiger partial charge in [0.2, 0.25) is 0 Å². The van der Waals surface area contributed by atoms with Crippen LogP contribution in [0.2, 0.25) is 0 Å². The van der Waals surface area contributed by atoms with E-state index < -0.39 is 10.1 Å². The molecule has 0 saturated heterocycles. The maximum absolute atomic E-state index is 11.4. The summed E-state index contributed by atoms with van der Waals surface area (Å²) >= 11 is 0. The molecule has 0 bridgehead atoms. The third-order valence-electron chi connectivity index (χ3n) is 4.29. The second-order valence-electron chi connectivity index (χ2n) is 6.09. The summed E-state index contributed by atoms with van der Waals surface area (Å²) < 4.78 is 34.2. The van der Waals surface area contributed by atoms with E-state index in [1.54, 1.807) is 12.1 Å². The zero-order chi connectivity index (χ0) is 16.7. The molecule has 5 heteroatoms. The predicted octanol–water partition coefficient (Wildman–Crippen LogP) is 2.04. The van der Waals surface area contributed by atoms with E-state index in [9.17, 15) is 13.0 Å². The van der Waals surface area contributed by atoms with Gasteiger partial charge in [0.15, 0.2) is 0 Å². The van der Waals surface area contributed by atoms with Gasteiger partial charge in [-0.1, -0.05) is 75.8 Å². The number of benzene rings is 2. The van der Waals surface area contributed by atoms with Crippen LogP contribution in [0.5, 0.6) is 0 Å². The fraction of sp³-hybridized carbons (Fsp3) is 0.474. The molecule has 0 aliphatic carbocycles. The van der Waals surface area contributed by atoms with Crippen molar-refractivity contribution in [1.29, 1.82) is 0 Å². The average Bonchev–Trinajstić information content (AvgIpc) is 2.52. The van der Waals surface area contributed by atoms with E-state index in [1.807, 2.05) is 18.2 Å². The normalized spacial score (nSPS) is 11.4. The Morgan fingerprint density at radius 1 is 0.833 bits per heavy atom. The SMILES string of the molecule is CCCCCCCCCc1cccc2c(S(=O)(=O)[O-])cccc12.[K+]. The average molecular weight is 373 g/mol. The molecule has 0 aliphatic heterocycles. The zero-order valence-electron chi connectivity index (χ0n) is 14.8. The maximum Gasteiger partial charge on any atom is 1.00 e. The van der Waals surface area contributed by atoms with Crippen molar-refractivity contribution in [3.8, 4) is 0 Å². The number of rotatable bonds is 9. The first-order valence-corrected chi connectivity index (χ1v) is 9.91. The van der Waals surface area contributed by atoms with Crippen LogP contribution >= 0.6 is 0 Å². The molecule has 2 rings (SSSR count). The molecular formula is C19H25KO3S. The molecule has 24 heavy (non-hydrogen) atoms. The van der Waals surface area contributed by atoms with Crippen molar-refractivity contribution in [2.75, 3.05) is 0 Å². The topological polar surface area (TPSA) is 57.2 Å². The van der Waals surface area contributed by atoms with Gasteiger partial charge in [0.1, 0.15) is 10.1 Å². The quantitative estimate of drug-likeness (QED) is 0.384. The van der Waals surface area contributed by atoms with E-state index in [-0.39, 0.29) is 56.3 Å². The molecule has 3 nitrogen and oxygen atoms in total. The van der Waals surface area contributed by atoms with Gasteiger partial charge < -0.3 is 4.55 Å². The summed E-state index contributed by atoms with van der Waals surface area (Å²) in [6.07, 6.45) is 9.66. The Morgan fingerprint density at radius 3 is 2.08 bits per heavy atom. The summed E-state index contributed by atoms with van der Waals surface area (Å²) in [6.45, 7) is 2.22. The van der Waals surface area contributed by atoms with Crippen molar-refractivity contribution in [3.05, 3.63) is 42.0 Å². The fourth-order valence-electron chi connectivity index (χ4n) is 3.05. The van der Waals surface area contributed by atoms with Gasteiger partial charge >= 0.3 is 51.4 Å². The summed E-state index contributed by atoms with van der Waals surface area (Å²) in [7, 11) is -4.43. The first-order chi connectivity index (χ1) is 11.0. The van der Waals surface area contributed by atoms with Crippen LogP contribution in [0, 0.1) is 0 Å². The molecule has 0 unspecified atom stereocenters. The molecule has 0 saturated carbocycles. The van der Waals surface area contributed by atoms with Gasteiger partial charge in [0.25, 0.3) is 0 Å². The van der Waals surface area contributed by atoms with Gasteiger partial charge in [0.05, 0.1) is 4.90 Å². The number of unbranched alkanes of at least 4 members (excludes halogenated alkanes) is 6. The molecular weight excluding hydrogens is 347 g/mol. The van der Waals surface area contributed by atoms with Crippen LogP contribution in [0.3, 0.4) is 0 Å². The van der Waals surface area contributed by atoms with Gasteiger partial charge in [-0.25, -0.2) is 8.42 Å². The second-order valence-corrected chi connectivity index (χ2v) is 7.44. The Kier molecular flexibility index (Phi) is 10.3. The molecule has 0 fully saturated rings. The molecule has 0 atom stereocenters. The van der Waals surface area contributed by atoms with Gasteiger partial charge in [-0.05, 0) is 35.2 Å². The first kappa shape index (κ1) is 22.3. The van der Waals surface area contributed by atoms with Crippen molar-refractivity contribution >= 4 is 20.9 Å². The van der Waals surface area contributed by atoms with Crippen LogP contribution in [-0.4, -0.2) is 13.0 Å². The minimum absolute atomic E-state index is 0. The van der Waals surface area contributed by atoms with Crippen LogP contribution < -0.4 is 51.4 Å². The Labute approximate surface area is 188 Å². The molecule has 2 aromatic rings. The predicted molar refractivity (Wildman–Crippen MR) is 93.6 cm³/mol. The summed E-state index contributed by atoms with van der Waals surface area (Å²) in [6, 6.07) is 10.5. The van der Waals surface area contributed by atoms with E-state index in [4.69, 9.17) is 0 Å². The molecule has 0 heterocycles. The maximum atomic E-state index is 11.4. The van der Waals surface area contributed by atoms with Crippen molar-refractivity contribution in [2.45, 2.75) is 63.2 Å². The van der Waals surface area contributed by atoms with Crippen LogP contribution in [0.4, 0.5) is 0 Å². The van der Waals surface area contributed by atoms with Crippen LogP contribution in [-0.2, 0) is 16.5 Å². The van der Waals surface area contributed by atoms with E-state index in [2.05, 4.69) is 6.92 Å². The summed E-state index contributed by atoms with van der Waals surface area (Å²) in [5.41, 5.74) is 1.13. The van der Waals surface area contributed by atoms with Crippen LogP contribution in [0.1, 0.15) is 57.4 Å². The third-order valence-corrected chi connectivity index (χ3v) is 5.19. The van der Waals surface area contributed by atoms with E-state index in [1.165, 1.54) is 44.6 Å². The van der Waals surface area contributed by atoms with Gasteiger partial charge in [0, 0.05) is 0 Å². The first-order valence-electron chi connectivity index (χ1n) is 8.50. The van der Waals surface area contributed by atoms with E-state index in [0.717, 1.165) is 23.8 Å². The van der Waals surface area contributed by atoms with Gasteiger partial charge in [-0.2, -0.15) is 0 Å². The Bertz CT molecular complexity index is 741. The zero-order valence-corrected chi connectivity index (χ0v) is 18.7. The van der Waals surface area contributed by atoms with Crippen LogP contribution in [0.15, 0.2) is 41.3 Å².